The molecule has 1 aromatic carbocycles. The van der Waals surface area contributed by atoms with Gasteiger partial charge in [-0.05, 0) is 43.3 Å². The minimum Gasteiger partial charge on any atom is -0.316 e. The van der Waals surface area contributed by atoms with Crippen molar-refractivity contribution in [1.29, 1.82) is 0 Å². The van der Waals surface area contributed by atoms with Crippen LogP contribution in [0, 0.1) is 5.92 Å². The van der Waals surface area contributed by atoms with Gasteiger partial charge in [-0.3, -0.25) is 0 Å². The summed E-state index contributed by atoms with van der Waals surface area (Å²) in [7, 11) is 0. The summed E-state index contributed by atoms with van der Waals surface area (Å²) in [5, 5.41) is 3.51. The van der Waals surface area contributed by atoms with Gasteiger partial charge in [0.2, 0.25) is 0 Å². The van der Waals surface area contributed by atoms with Crippen molar-refractivity contribution >= 4 is 11.8 Å². The molecule has 1 atom stereocenters. The Labute approximate surface area is 104 Å². The Balaban J connectivity index is 1.96. The lowest BCUT2D eigenvalue weighted by atomic mass is 10.1. The zero-order valence-corrected chi connectivity index (χ0v) is 11.2. The summed E-state index contributed by atoms with van der Waals surface area (Å²) in [5.74, 6) is 2.01. The Hall–Kier alpha value is -0.470. The van der Waals surface area contributed by atoms with Gasteiger partial charge < -0.3 is 5.32 Å². The Morgan fingerprint density at radius 1 is 1.25 bits per heavy atom. The molecule has 0 aromatic heterocycles. The average Bonchev–Trinajstić information content (AvgIpc) is 2.34. The number of rotatable bonds is 8. The van der Waals surface area contributed by atoms with Crippen molar-refractivity contribution in [3.63, 3.8) is 0 Å². The summed E-state index contributed by atoms with van der Waals surface area (Å²) >= 11 is 1.95. The Morgan fingerprint density at radius 3 is 2.69 bits per heavy atom. The molecule has 1 N–H and O–H groups in total. The molecule has 2 heteroatoms. The second kappa shape index (κ2) is 8.66. The molecule has 0 saturated carbocycles. The van der Waals surface area contributed by atoms with Gasteiger partial charge in [-0.1, -0.05) is 38.5 Å². The van der Waals surface area contributed by atoms with Gasteiger partial charge in [0.15, 0.2) is 0 Å². The minimum absolute atomic E-state index is 0.807. The fourth-order valence-corrected chi connectivity index (χ4v) is 2.27. The van der Waals surface area contributed by atoms with Gasteiger partial charge in [0.25, 0.3) is 0 Å². The predicted molar refractivity (Wildman–Crippen MR) is 74.1 cm³/mol. The highest BCUT2D eigenvalue weighted by Gasteiger charge is 1.97. The lowest BCUT2D eigenvalue weighted by Crippen LogP contribution is -2.22. The molecule has 90 valence electrons. The van der Waals surface area contributed by atoms with Crippen molar-refractivity contribution in [2.75, 3.05) is 18.8 Å². The number of benzene rings is 1. The zero-order valence-electron chi connectivity index (χ0n) is 10.4. The van der Waals surface area contributed by atoms with Crippen LogP contribution in [0.1, 0.15) is 26.7 Å². The lowest BCUT2D eigenvalue weighted by molar-refractivity contribution is 0.500. The number of thioether (sulfide) groups is 1. The molecule has 1 aromatic rings. The van der Waals surface area contributed by atoms with Crippen molar-refractivity contribution in [3.8, 4) is 0 Å². The van der Waals surface area contributed by atoms with E-state index in [1.54, 1.807) is 0 Å². The maximum atomic E-state index is 3.51. The topological polar surface area (TPSA) is 12.0 Å². The standard InChI is InChI=1S/C14H23NS/c1-3-13(2)12-15-10-7-11-16-14-8-5-4-6-9-14/h4-6,8-9,13,15H,3,7,10-12H2,1-2H3. The number of nitrogens with one attached hydrogen (secondary N) is 1. The molecule has 0 amide bonds. The lowest BCUT2D eigenvalue weighted by Gasteiger charge is -2.09. The first-order valence-corrected chi connectivity index (χ1v) is 7.20. The molecular weight excluding hydrogens is 214 g/mol. The van der Waals surface area contributed by atoms with E-state index in [9.17, 15) is 0 Å². The second-order valence-corrected chi connectivity index (χ2v) is 5.40. The van der Waals surface area contributed by atoms with E-state index in [0.717, 1.165) is 19.0 Å². The first-order valence-electron chi connectivity index (χ1n) is 6.21. The summed E-state index contributed by atoms with van der Waals surface area (Å²) in [6, 6.07) is 10.6. The van der Waals surface area contributed by atoms with Crippen LogP contribution in [0.5, 0.6) is 0 Å². The van der Waals surface area contributed by atoms with Crippen LogP contribution in [0.15, 0.2) is 35.2 Å². The van der Waals surface area contributed by atoms with Gasteiger partial charge in [0, 0.05) is 4.90 Å². The van der Waals surface area contributed by atoms with Crippen molar-refractivity contribution in [1.82, 2.24) is 5.32 Å². The van der Waals surface area contributed by atoms with Gasteiger partial charge >= 0.3 is 0 Å². The minimum atomic E-state index is 0.807. The monoisotopic (exact) mass is 237 g/mol. The van der Waals surface area contributed by atoms with Crippen molar-refractivity contribution in [2.24, 2.45) is 5.92 Å². The molecule has 0 fully saturated rings. The molecule has 0 bridgehead atoms. The fraction of sp³-hybridized carbons (Fsp3) is 0.571. The highest BCUT2D eigenvalue weighted by atomic mass is 32.2. The molecule has 0 aliphatic carbocycles. The molecule has 1 rings (SSSR count). The van der Waals surface area contributed by atoms with Gasteiger partial charge in [0.05, 0.1) is 0 Å². The number of hydrogen-bond donors (Lipinski definition) is 1. The van der Waals surface area contributed by atoms with E-state index in [0.29, 0.717) is 0 Å². The van der Waals surface area contributed by atoms with E-state index in [2.05, 4.69) is 49.5 Å². The molecule has 1 unspecified atom stereocenters. The molecule has 1 nitrogen and oxygen atoms in total. The Morgan fingerprint density at radius 2 is 2.00 bits per heavy atom. The largest absolute Gasteiger partial charge is 0.316 e. The van der Waals surface area contributed by atoms with E-state index in [1.165, 1.54) is 23.5 Å². The Bertz CT molecular complexity index is 261. The predicted octanol–water partition coefficient (Wildman–Crippen LogP) is 3.80. The van der Waals surface area contributed by atoms with Gasteiger partial charge in [-0.25, -0.2) is 0 Å². The fourth-order valence-electron chi connectivity index (χ4n) is 1.40. The van der Waals surface area contributed by atoms with Crippen LogP contribution in [0.3, 0.4) is 0 Å². The van der Waals surface area contributed by atoms with Crippen LogP contribution in [0.4, 0.5) is 0 Å². The molecule has 16 heavy (non-hydrogen) atoms. The quantitative estimate of drug-likeness (QED) is 0.545. The molecule has 0 saturated heterocycles. The summed E-state index contributed by atoms with van der Waals surface area (Å²) in [6.07, 6.45) is 2.52. The average molecular weight is 237 g/mol. The van der Waals surface area contributed by atoms with Crippen molar-refractivity contribution in [2.45, 2.75) is 31.6 Å². The van der Waals surface area contributed by atoms with Crippen LogP contribution >= 0.6 is 11.8 Å². The highest BCUT2D eigenvalue weighted by molar-refractivity contribution is 7.99. The summed E-state index contributed by atoms with van der Waals surface area (Å²) < 4.78 is 0. The number of hydrogen-bond acceptors (Lipinski definition) is 2. The normalized spacial score (nSPS) is 12.6. The van der Waals surface area contributed by atoms with E-state index in [4.69, 9.17) is 0 Å². The summed E-state index contributed by atoms with van der Waals surface area (Å²) in [5.41, 5.74) is 0. The highest BCUT2D eigenvalue weighted by Crippen LogP contribution is 2.17. The third-order valence-electron chi connectivity index (χ3n) is 2.70. The van der Waals surface area contributed by atoms with Crippen LogP contribution < -0.4 is 5.32 Å². The second-order valence-electron chi connectivity index (χ2n) is 4.23. The third kappa shape index (κ3) is 6.19. The Kier molecular flexibility index (Phi) is 7.35. The molecular formula is C14H23NS. The van der Waals surface area contributed by atoms with Crippen LogP contribution in [-0.2, 0) is 0 Å². The van der Waals surface area contributed by atoms with Crippen LogP contribution in [-0.4, -0.2) is 18.8 Å². The molecule has 0 heterocycles. The molecule has 0 spiro atoms. The summed E-state index contributed by atoms with van der Waals surface area (Å²) in [6.45, 7) is 6.85. The van der Waals surface area contributed by atoms with E-state index in [1.807, 2.05) is 11.8 Å². The van der Waals surface area contributed by atoms with E-state index >= 15 is 0 Å². The molecule has 0 aliphatic rings. The zero-order chi connectivity index (χ0) is 11.6. The van der Waals surface area contributed by atoms with Gasteiger partial charge in [0.1, 0.15) is 0 Å². The molecule has 0 aliphatic heterocycles. The van der Waals surface area contributed by atoms with Gasteiger partial charge in [-0.2, -0.15) is 0 Å². The van der Waals surface area contributed by atoms with E-state index < -0.39 is 0 Å². The maximum Gasteiger partial charge on any atom is 0.00719 e. The van der Waals surface area contributed by atoms with Crippen LogP contribution in [0.2, 0.25) is 0 Å². The maximum absolute atomic E-state index is 3.51. The summed E-state index contributed by atoms with van der Waals surface area (Å²) in [4.78, 5) is 1.38. The van der Waals surface area contributed by atoms with E-state index in [-0.39, 0.29) is 0 Å². The third-order valence-corrected chi connectivity index (χ3v) is 3.80. The first-order chi connectivity index (χ1) is 7.83. The molecule has 0 radical (unpaired) electrons. The van der Waals surface area contributed by atoms with Crippen molar-refractivity contribution < 1.29 is 0 Å². The van der Waals surface area contributed by atoms with Crippen molar-refractivity contribution in [3.05, 3.63) is 30.3 Å². The SMILES string of the molecule is CCC(C)CNCCCSc1ccccc1. The smallest absolute Gasteiger partial charge is 0.00719 e. The first kappa shape index (κ1) is 13.6. The van der Waals surface area contributed by atoms with Crippen LogP contribution in [0.25, 0.3) is 0 Å². The van der Waals surface area contributed by atoms with Gasteiger partial charge in [-0.15, -0.1) is 11.8 Å².